The smallest absolute Gasteiger partial charge is 0.246 e. The number of carbonyl (C=O) groups is 1. The summed E-state index contributed by atoms with van der Waals surface area (Å²) in [7, 11) is 0. The predicted molar refractivity (Wildman–Crippen MR) is 59.1 cm³/mol. The fourth-order valence-corrected chi connectivity index (χ4v) is 1.32. The molecule has 0 unspecified atom stereocenters. The molecule has 1 rings (SSSR count). The van der Waals surface area contributed by atoms with Crippen LogP contribution in [-0.4, -0.2) is 29.1 Å². The molecule has 3 heteroatoms. The van der Waals surface area contributed by atoms with Crippen molar-refractivity contribution in [3.8, 4) is 0 Å². The van der Waals surface area contributed by atoms with Gasteiger partial charge in [-0.05, 0) is 11.6 Å². The molecule has 0 aromatic heterocycles. The Morgan fingerprint density at radius 3 is 2.60 bits per heavy atom. The summed E-state index contributed by atoms with van der Waals surface area (Å²) in [6.07, 6.45) is 1.26. The van der Waals surface area contributed by atoms with E-state index in [1.807, 2.05) is 30.3 Å². The Morgan fingerprint density at radius 1 is 1.40 bits per heavy atom. The van der Waals surface area contributed by atoms with Gasteiger partial charge in [-0.15, -0.1) is 0 Å². The SMILES string of the molecule is C=CC(=O)N(CCO)Cc1ccccc1. The van der Waals surface area contributed by atoms with Gasteiger partial charge in [-0.25, -0.2) is 0 Å². The number of aliphatic hydroxyl groups is 1. The standard InChI is InChI=1S/C12H15NO2/c1-2-12(15)13(8-9-14)10-11-6-4-3-5-7-11/h2-7,14H,1,8-10H2. The van der Waals surface area contributed by atoms with Gasteiger partial charge in [0.2, 0.25) is 5.91 Å². The molecule has 0 aliphatic heterocycles. The van der Waals surface area contributed by atoms with Crippen molar-refractivity contribution in [1.82, 2.24) is 4.90 Å². The van der Waals surface area contributed by atoms with Crippen molar-refractivity contribution in [3.63, 3.8) is 0 Å². The van der Waals surface area contributed by atoms with E-state index < -0.39 is 0 Å². The molecule has 0 spiro atoms. The normalized spacial score (nSPS) is 9.67. The van der Waals surface area contributed by atoms with Crippen LogP contribution in [-0.2, 0) is 11.3 Å². The van der Waals surface area contributed by atoms with Gasteiger partial charge >= 0.3 is 0 Å². The zero-order valence-electron chi connectivity index (χ0n) is 8.60. The third-order valence-electron chi connectivity index (χ3n) is 2.07. The van der Waals surface area contributed by atoms with Gasteiger partial charge in [0.15, 0.2) is 0 Å². The summed E-state index contributed by atoms with van der Waals surface area (Å²) in [6.45, 7) is 4.24. The molecule has 0 heterocycles. The van der Waals surface area contributed by atoms with E-state index in [1.54, 1.807) is 4.90 Å². The highest BCUT2D eigenvalue weighted by Gasteiger charge is 2.09. The molecule has 3 nitrogen and oxygen atoms in total. The Balaban J connectivity index is 2.66. The van der Waals surface area contributed by atoms with E-state index in [2.05, 4.69) is 6.58 Å². The van der Waals surface area contributed by atoms with E-state index >= 15 is 0 Å². The second kappa shape index (κ2) is 5.98. The zero-order valence-corrected chi connectivity index (χ0v) is 8.60. The highest BCUT2D eigenvalue weighted by molar-refractivity contribution is 5.86. The van der Waals surface area contributed by atoms with Gasteiger partial charge in [-0.3, -0.25) is 4.79 Å². The monoisotopic (exact) mass is 205 g/mol. The van der Waals surface area contributed by atoms with Crippen LogP contribution in [0.5, 0.6) is 0 Å². The average molecular weight is 205 g/mol. The number of benzene rings is 1. The van der Waals surface area contributed by atoms with Crippen LogP contribution in [0, 0.1) is 0 Å². The van der Waals surface area contributed by atoms with Crippen LogP contribution < -0.4 is 0 Å². The molecule has 1 aromatic rings. The number of amides is 1. The van der Waals surface area contributed by atoms with Gasteiger partial charge in [-0.2, -0.15) is 0 Å². The first-order valence-corrected chi connectivity index (χ1v) is 4.84. The molecular formula is C12H15NO2. The molecule has 0 aliphatic rings. The molecule has 1 aromatic carbocycles. The van der Waals surface area contributed by atoms with E-state index in [9.17, 15) is 4.79 Å². The van der Waals surface area contributed by atoms with Crippen molar-refractivity contribution >= 4 is 5.91 Å². The first kappa shape index (κ1) is 11.5. The first-order chi connectivity index (χ1) is 7.27. The third kappa shape index (κ3) is 3.56. The Kier molecular flexibility index (Phi) is 4.57. The molecule has 1 amide bonds. The summed E-state index contributed by atoms with van der Waals surface area (Å²) in [5.74, 6) is -0.159. The van der Waals surface area contributed by atoms with E-state index in [0.717, 1.165) is 5.56 Å². The lowest BCUT2D eigenvalue weighted by atomic mass is 10.2. The molecule has 0 radical (unpaired) electrons. The fraction of sp³-hybridized carbons (Fsp3) is 0.250. The van der Waals surface area contributed by atoms with Crippen LogP contribution in [0.4, 0.5) is 0 Å². The van der Waals surface area contributed by atoms with Crippen molar-refractivity contribution in [2.45, 2.75) is 6.54 Å². The van der Waals surface area contributed by atoms with Gasteiger partial charge in [0.05, 0.1) is 6.61 Å². The molecule has 1 N–H and O–H groups in total. The summed E-state index contributed by atoms with van der Waals surface area (Å²) in [5, 5.41) is 8.83. The predicted octanol–water partition coefficient (Wildman–Crippen LogP) is 1.19. The maximum absolute atomic E-state index is 11.4. The number of carbonyl (C=O) groups excluding carboxylic acids is 1. The summed E-state index contributed by atoms with van der Waals surface area (Å²) in [4.78, 5) is 13.0. The summed E-state index contributed by atoms with van der Waals surface area (Å²) in [6, 6.07) is 9.66. The van der Waals surface area contributed by atoms with Crippen molar-refractivity contribution in [2.24, 2.45) is 0 Å². The maximum atomic E-state index is 11.4. The average Bonchev–Trinajstić information content (AvgIpc) is 2.29. The molecule has 0 saturated heterocycles. The molecule has 0 saturated carbocycles. The van der Waals surface area contributed by atoms with Gasteiger partial charge in [0, 0.05) is 13.1 Å². The van der Waals surface area contributed by atoms with Crippen LogP contribution in [0.15, 0.2) is 43.0 Å². The number of aliphatic hydroxyl groups excluding tert-OH is 1. The number of nitrogens with zero attached hydrogens (tertiary/aromatic N) is 1. The van der Waals surface area contributed by atoms with E-state index in [1.165, 1.54) is 6.08 Å². The zero-order chi connectivity index (χ0) is 11.1. The van der Waals surface area contributed by atoms with Gasteiger partial charge in [-0.1, -0.05) is 36.9 Å². The first-order valence-electron chi connectivity index (χ1n) is 4.84. The van der Waals surface area contributed by atoms with E-state index in [-0.39, 0.29) is 12.5 Å². The Hall–Kier alpha value is -1.61. The second-order valence-corrected chi connectivity index (χ2v) is 3.17. The van der Waals surface area contributed by atoms with Gasteiger partial charge in [0.1, 0.15) is 0 Å². The summed E-state index contributed by atoms with van der Waals surface area (Å²) in [5.41, 5.74) is 1.04. The molecule has 15 heavy (non-hydrogen) atoms. The van der Waals surface area contributed by atoms with Crippen molar-refractivity contribution in [3.05, 3.63) is 48.6 Å². The lowest BCUT2D eigenvalue weighted by molar-refractivity contribution is -0.127. The third-order valence-corrected chi connectivity index (χ3v) is 2.07. The molecule has 0 atom stereocenters. The highest BCUT2D eigenvalue weighted by atomic mass is 16.3. The van der Waals surface area contributed by atoms with Crippen molar-refractivity contribution in [2.75, 3.05) is 13.2 Å². The van der Waals surface area contributed by atoms with Crippen molar-refractivity contribution in [1.29, 1.82) is 0 Å². The maximum Gasteiger partial charge on any atom is 0.246 e. The fourth-order valence-electron chi connectivity index (χ4n) is 1.32. The minimum Gasteiger partial charge on any atom is -0.395 e. The largest absolute Gasteiger partial charge is 0.395 e. The summed E-state index contributed by atoms with van der Waals surface area (Å²) < 4.78 is 0. The topological polar surface area (TPSA) is 40.5 Å². The molecular weight excluding hydrogens is 190 g/mol. The van der Waals surface area contributed by atoms with Crippen LogP contribution in [0.1, 0.15) is 5.56 Å². The lowest BCUT2D eigenvalue weighted by Gasteiger charge is -2.19. The number of hydrogen-bond donors (Lipinski definition) is 1. The van der Waals surface area contributed by atoms with E-state index in [0.29, 0.717) is 13.1 Å². The van der Waals surface area contributed by atoms with E-state index in [4.69, 9.17) is 5.11 Å². The lowest BCUT2D eigenvalue weighted by Crippen LogP contribution is -2.31. The minimum absolute atomic E-state index is 0.0353. The number of hydrogen-bond acceptors (Lipinski definition) is 2. The Bertz CT molecular complexity index is 322. The molecule has 0 aliphatic carbocycles. The second-order valence-electron chi connectivity index (χ2n) is 3.17. The van der Waals surface area contributed by atoms with Crippen LogP contribution in [0.2, 0.25) is 0 Å². The summed E-state index contributed by atoms with van der Waals surface area (Å²) >= 11 is 0. The molecule has 0 fully saturated rings. The van der Waals surface area contributed by atoms with Crippen LogP contribution in [0.3, 0.4) is 0 Å². The highest BCUT2D eigenvalue weighted by Crippen LogP contribution is 2.04. The quantitative estimate of drug-likeness (QED) is 0.734. The number of rotatable bonds is 5. The Morgan fingerprint density at radius 2 is 2.07 bits per heavy atom. The van der Waals surface area contributed by atoms with Crippen molar-refractivity contribution < 1.29 is 9.90 Å². The van der Waals surface area contributed by atoms with Crippen LogP contribution in [0.25, 0.3) is 0 Å². The van der Waals surface area contributed by atoms with Gasteiger partial charge < -0.3 is 10.0 Å². The minimum atomic E-state index is -0.159. The van der Waals surface area contributed by atoms with Gasteiger partial charge in [0.25, 0.3) is 0 Å². The molecule has 0 bridgehead atoms. The molecule has 80 valence electrons. The van der Waals surface area contributed by atoms with Crippen LogP contribution >= 0.6 is 0 Å². The Labute approximate surface area is 89.6 Å².